The molecule has 1 aliphatic rings. The molecular weight excluding hydrogens is 148 g/mol. The molecule has 72 valence electrons. The topological polar surface area (TPSA) is 6.48 Å². The highest BCUT2D eigenvalue weighted by atomic mass is 15.4. The number of hydrogen-bond donors (Lipinski definition) is 0. The molecule has 0 heterocycles. The van der Waals surface area contributed by atoms with Gasteiger partial charge < -0.3 is 0 Å². The standard InChI is InChI=1S/C10H22N2/c1-11(2)10(12(3)4)8-6-5-7-9-10/h5-9H2,1-4H3. The summed E-state index contributed by atoms with van der Waals surface area (Å²) >= 11 is 0. The SMILES string of the molecule is CN(C)C1(N(C)C)CCCCC1. The minimum atomic E-state index is 0.345. The molecule has 0 amide bonds. The van der Waals surface area contributed by atoms with Crippen LogP contribution in [-0.4, -0.2) is 43.7 Å². The van der Waals surface area contributed by atoms with E-state index < -0.39 is 0 Å². The Hall–Kier alpha value is -0.0800. The van der Waals surface area contributed by atoms with Crippen LogP contribution in [0.25, 0.3) is 0 Å². The van der Waals surface area contributed by atoms with Crippen LogP contribution in [0.15, 0.2) is 0 Å². The van der Waals surface area contributed by atoms with Gasteiger partial charge in [0.05, 0.1) is 5.66 Å². The predicted octanol–water partition coefficient (Wildman–Crippen LogP) is 1.77. The van der Waals surface area contributed by atoms with Crippen molar-refractivity contribution in [3.63, 3.8) is 0 Å². The predicted molar refractivity (Wildman–Crippen MR) is 53.2 cm³/mol. The Morgan fingerprint density at radius 3 is 1.42 bits per heavy atom. The number of rotatable bonds is 2. The molecule has 0 unspecified atom stereocenters. The summed E-state index contributed by atoms with van der Waals surface area (Å²) < 4.78 is 0. The van der Waals surface area contributed by atoms with Crippen molar-refractivity contribution >= 4 is 0 Å². The smallest absolute Gasteiger partial charge is 0.0727 e. The average molecular weight is 170 g/mol. The zero-order valence-corrected chi connectivity index (χ0v) is 8.93. The summed E-state index contributed by atoms with van der Waals surface area (Å²) in [6, 6.07) is 0. The van der Waals surface area contributed by atoms with Crippen LogP contribution in [-0.2, 0) is 0 Å². The van der Waals surface area contributed by atoms with Crippen LogP contribution in [0.5, 0.6) is 0 Å². The zero-order valence-electron chi connectivity index (χ0n) is 8.93. The molecule has 0 spiro atoms. The van der Waals surface area contributed by atoms with Gasteiger partial charge in [0, 0.05) is 0 Å². The fourth-order valence-electron chi connectivity index (χ4n) is 2.41. The second kappa shape index (κ2) is 3.75. The van der Waals surface area contributed by atoms with Crippen molar-refractivity contribution < 1.29 is 0 Å². The molecule has 1 saturated carbocycles. The Balaban J connectivity index is 2.70. The second-order valence-electron chi connectivity index (χ2n) is 4.33. The van der Waals surface area contributed by atoms with E-state index >= 15 is 0 Å². The van der Waals surface area contributed by atoms with Crippen molar-refractivity contribution in [1.29, 1.82) is 0 Å². The monoisotopic (exact) mass is 170 g/mol. The van der Waals surface area contributed by atoms with Crippen LogP contribution < -0.4 is 0 Å². The molecule has 1 aliphatic carbocycles. The Labute approximate surface area is 76.5 Å². The van der Waals surface area contributed by atoms with Crippen molar-refractivity contribution in [1.82, 2.24) is 9.80 Å². The van der Waals surface area contributed by atoms with Gasteiger partial charge in [0.2, 0.25) is 0 Å². The molecule has 0 aromatic rings. The Morgan fingerprint density at radius 2 is 1.17 bits per heavy atom. The normalized spacial score (nSPS) is 23.5. The molecule has 0 aromatic carbocycles. The van der Waals surface area contributed by atoms with Gasteiger partial charge in [-0.2, -0.15) is 0 Å². The van der Waals surface area contributed by atoms with Crippen molar-refractivity contribution in [2.75, 3.05) is 28.2 Å². The number of nitrogens with zero attached hydrogens (tertiary/aromatic N) is 2. The maximum atomic E-state index is 2.38. The Kier molecular flexibility index (Phi) is 3.13. The van der Waals surface area contributed by atoms with Gasteiger partial charge in [-0.05, 0) is 41.0 Å². The Bertz CT molecular complexity index is 125. The van der Waals surface area contributed by atoms with Crippen molar-refractivity contribution in [3.8, 4) is 0 Å². The molecular formula is C10H22N2. The van der Waals surface area contributed by atoms with Crippen molar-refractivity contribution in [2.24, 2.45) is 0 Å². The van der Waals surface area contributed by atoms with Crippen LogP contribution >= 0.6 is 0 Å². The fourth-order valence-corrected chi connectivity index (χ4v) is 2.41. The van der Waals surface area contributed by atoms with Gasteiger partial charge in [-0.3, -0.25) is 9.80 Å². The molecule has 2 heteroatoms. The molecule has 0 saturated heterocycles. The average Bonchev–Trinajstić information content (AvgIpc) is 2.05. The van der Waals surface area contributed by atoms with E-state index in [0.717, 1.165) is 0 Å². The number of hydrogen-bond acceptors (Lipinski definition) is 2. The van der Waals surface area contributed by atoms with E-state index in [1.807, 2.05) is 0 Å². The van der Waals surface area contributed by atoms with E-state index in [1.165, 1.54) is 32.1 Å². The molecule has 1 fully saturated rings. The van der Waals surface area contributed by atoms with Crippen molar-refractivity contribution in [3.05, 3.63) is 0 Å². The quantitative estimate of drug-likeness (QED) is 0.583. The molecule has 0 aromatic heterocycles. The van der Waals surface area contributed by atoms with Crippen LogP contribution in [0.3, 0.4) is 0 Å². The maximum absolute atomic E-state index is 2.38. The summed E-state index contributed by atoms with van der Waals surface area (Å²) in [6.07, 6.45) is 6.84. The highest BCUT2D eigenvalue weighted by molar-refractivity contribution is 4.87. The maximum Gasteiger partial charge on any atom is 0.0727 e. The van der Waals surface area contributed by atoms with E-state index in [2.05, 4.69) is 38.0 Å². The summed E-state index contributed by atoms with van der Waals surface area (Å²) in [7, 11) is 8.80. The third-order valence-electron chi connectivity index (χ3n) is 3.32. The molecule has 12 heavy (non-hydrogen) atoms. The first kappa shape index (κ1) is 10.0. The van der Waals surface area contributed by atoms with E-state index in [-0.39, 0.29) is 0 Å². The van der Waals surface area contributed by atoms with Gasteiger partial charge in [0.1, 0.15) is 0 Å². The van der Waals surface area contributed by atoms with Crippen LogP contribution in [0.1, 0.15) is 32.1 Å². The van der Waals surface area contributed by atoms with Gasteiger partial charge in [-0.1, -0.05) is 19.3 Å². The second-order valence-corrected chi connectivity index (χ2v) is 4.33. The Morgan fingerprint density at radius 1 is 0.750 bits per heavy atom. The first-order valence-electron chi connectivity index (χ1n) is 4.94. The highest BCUT2D eigenvalue weighted by Crippen LogP contribution is 2.33. The van der Waals surface area contributed by atoms with E-state index in [0.29, 0.717) is 5.66 Å². The molecule has 0 N–H and O–H groups in total. The van der Waals surface area contributed by atoms with Crippen LogP contribution in [0, 0.1) is 0 Å². The van der Waals surface area contributed by atoms with Gasteiger partial charge in [-0.15, -0.1) is 0 Å². The van der Waals surface area contributed by atoms with Crippen LogP contribution in [0.2, 0.25) is 0 Å². The fraction of sp³-hybridized carbons (Fsp3) is 1.00. The first-order valence-corrected chi connectivity index (χ1v) is 4.94. The van der Waals surface area contributed by atoms with Crippen LogP contribution in [0.4, 0.5) is 0 Å². The minimum Gasteiger partial charge on any atom is -0.291 e. The third kappa shape index (κ3) is 1.64. The van der Waals surface area contributed by atoms with Gasteiger partial charge in [0.15, 0.2) is 0 Å². The summed E-state index contributed by atoms with van der Waals surface area (Å²) in [4.78, 5) is 4.76. The lowest BCUT2D eigenvalue weighted by Crippen LogP contribution is -2.56. The molecule has 0 radical (unpaired) electrons. The highest BCUT2D eigenvalue weighted by Gasteiger charge is 2.35. The molecule has 0 aliphatic heterocycles. The molecule has 2 nitrogen and oxygen atoms in total. The van der Waals surface area contributed by atoms with Gasteiger partial charge in [0.25, 0.3) is 0 Å². The van der Waals surface area contributed by atoms with Gasteiger partial charge >= 0.3 is 0 Å². The summed E-state index contributed by atoms with van der Waals surface area (Å²) in [5, 5.41) is 0. The summed E-state index contributed by atoms with van der Waals surface area (Å²) in [6.45, 7) is 0. The molecule has 1 rings (SSSR count). The molecule has 0 atom stereocenters. The largest absolute Gasteiger partial charge is 0.291 e. The van der Waals surface area contributed by atoms with E-state index in [4.69, 9.17) is 0 Å². The van der Waals surface area contributed by atoms with E-state index in [1.54, 1.807) is 0 Å². The van der Waals surface area contributed by atoms with Gasteiger partial charge in [-0.25, -0.2) is 0 Å². The zero-order chi connectivity index (χ0) is 9.19. The minimum absolute atomic E-state index is 0.345. The summed E-state index contributed by atoms with van der Waals surface area (Å²) in [5.41, 5.74) is 0.345. The first-order chi connectivity index (χ1) is 5.59. The lowest BCUT2D eigenvalue weighted by Gasteiger charge is -2.47. The third-order valence-corrected chi connectivity index (χ3v) is 3.32. The lowest BCUT2D eigenvalue weighted by atomic mass is 9.87. The lowest BCUT2D eigenvalue weighted by molar-refractivity contribution is -0.0282. The van der Waals surface area contributed by atoms with E-state index in [9.17, 15) is 0 Å². The van der Waals surface area contributed by atoms with Crippen molar-refractivity contribution in [2.45, 2.75) is 37.8 Å². The summed E-state index contributed by atoms with van der Waals surface area (Å²) in [5.74, 6) is 0. The molecule has 0 bridgehead atoms.